The highest BCUT2D eigenvalue weighted by atomic mass is 16.5. The van der Waals surface area contributed by atoms with E-state index in [4.69, 9.17) is 9.72 Å². The average molecular weight is 588 g/mol. The molecule has 7 heteroatoms. The normalized spacial score (nSPS) is 13.9. The summed E-state index contributed by atoms with van der Waals surface area (Å²) in [5.74, 6) is 0.462. The van der Waals surface area contributed by atoms with Crippen molar-refractivity contribution in [1.29, 1.82) is 0 Å². The molecule has 1 aliphatic rings. The highest BCUT2D eigenvalue weighted by Crippen LogP contribution is 2.36. The van der Waals surface area contributed by atoms with Gasteiger partial charge < -0.3 is 19.7 Å². The van der Waals surface area contributed by atoms with Gasteiger partial charge in [-0.3, -0.25) is 4.79 Å². The number of carboxylic acid groups (broad SMARTS) is 1. The highest BCUT2D eigenvalue weighted by molar-refractivity contribution is 5.95. The number of hydrogen-bond acceptors (Lipinski definition) is 4. The summed E-state index contributed by atoms with van der Waals surface area (Å²) in [5.41, 5.74) is 7.64. The van der Waals surface area contributed by atoms with Gasteiger partial charge in [-0.1, -0.05) is 61.6 Å². The third-order valence-electron chi connectivity index (χ3n) is 8.59. The largest absolute Gasteiger partial charge is 0.489 e. The van der Waals surface area contributed by atoms with Gasteiger partial charge in [0, 0.05) is 24.2 Å². The molecule has 1 aliphatic carbocycles. The molecule has 0 bridgehead atoms. The maximum Gasteiger partial charge on any atom is 0.335 e. The van der Waals surface area contributed by atoms with Crippen molar-refractivity contribution < 1.29 is 19.4 Å². The molecule has 0 spiro atoms. The first-order valence-corrected chi connectivity index (χ1v) is 15.3. The first kappa shape index (κ1) is 29.2. The SMILES string of the molecule is CNC(=O)c1ccc(-c2ccc(C)cc2)c(COc2ccc(-c3nc4cc(C(=O)O)ccc4n3C3CCCCCC3)cc2)c1. The van der Waals surface area contributed by atoms with E-state index in [1.807, 2.05) is 48.5 Å². The molecule has 5 aromatic rings. The van der Waals surface area contributed by atoms with Gasteiger partial charge in [0.1, 0.15) is 18.2 Å². The lowest BCUT2D eigenvalue weighted by Gasteiger charge is -2.20. The number of imidazole rings is 1. The van der Waals surface area contributed by atoms with Crippen molar-refractivity contribution in [3.8, 4) is 28.3 Å². The number of amides is 1. The first-order chi connectivity index (χ1) is 21.4. The number of carbonyl (C=O) groups is 2. The van der Waals surface area contributed by atoms with Crippen molar-refractivity contribution in [2.45, 2.75) is 58.1 Å². The minimum Gasteiger partial charge on any atom is -0.489 e. The van der Waals surface area contributed by atoms with Crippen LogP contribution in [-0.4, -0.2) is 33.6 Å². The number of carboxylic acids is 1. The fourth-order valence-corrected chi connectivity index (χ4v) is 6.20. The van der Waals surface area contributed by atoms with Crippen LogP contribution in [0.15, 0.2) is 84.9 Å². The van der Waals surface area contributed by atoms with Crippen molar-refractivity contribution in [3.63, 3.8) is 0 Å². The predicted octanol–water partition coefficient (Wildman–Crippen LogP) is 8.21. The molecule has 1 saturated carbocycles. The van der Waals surface area contributed by atoms with Crippen LogP contribution < -0.4 is 10.1 Å². The summed E-state index contributed by atoms with van der Waals surface area (Å²) >= 11 is 0. The molecule has 0 unspecified atom stereocenters. The molecular weight excluding hydrogens is 550 g/mol. The minimum atomic E-state index is -0.953. The first-order valence-electron chi connectivity index (χ1n) is 15.3. The number of aryl methyl sites for hydroxylation is 1. The number of aromatic carboxylic acids is 1. The van der Waals surface area contributed by atoms with E-state index in [-0.39, 0.29) is 11.5 Å². The zero-order chi connectivity index (χ0) is 30.6. The van der Waals surface area contributed by atoms with E-state index >= 15 is 0 Å². The van der Waals surface area contributed by atoms with Gasteiger partial charge in [0.2, 0.25) is 0 Å². The summed E-state index contributed by atoms with van der Waals surface area (Å²) in [6.45, 7) is 2.36. The monoisotopic (exact) mass is 587 g/mol. The van der Waals surface area contributed by atoms with Gasteiger partial charge in [-0.05, 0) is 91.1 Å². The van der Waals surface area contributed by atoms with E-state index in [1.165, 1.54) is 31.2 Å². The molecule has 0 atom stereocenters. The molecule has 0 aliphatic heterocycles. The Hall–Kier alpha value is -4.91. The lowest BCUT2D eigenvalue weighted by molar-refractivity contribution is 0.0696. The second-order valence-electron chi connectivity index (χ2n) is 11.6. The molecule has 0 radical (unpaired) electrons. The number of fused-ring (bicyclic) bond motifs is 1. The summed E-state index contributed by atoms with van der Waals surface area (Å²) in [5, 5.41) is 12.3. The molecule has 6 rings (SSSR count). The lowest BCUT2D eigenvalue weighted by Crippen LogP contribution is -2.18. The van der Waals surface area contributed by atoms with E-state index in [9.17, 15) is 14.7 Å². The van der Waals surface area contributed by atoms with Crippen LogP contribution in [0.1, 0.15) is 76.4 Å². The van der Waals surface area contributed by atoms with Crippen LogP contribution in [0.2, 0.25) is 0 Å². The molecule has 1 fully saturated rings. The number of rotatable bonds is 8. The van der Waals surface area contributed by atoms with Crippen LogP contribution >= 0.6 is 0 Å². The van der Waals surface area contributed by atoms with Crippen LogP contribution in [0, 0.1) is 6.92 Å². The number of nitrogens with zero attached hydrogens (tertiary/aromatic N) is 2. The van der Waals surface area contributed by atoms with Crippen molar-refractivity contribution in [3.05, 3.63) is 107 Å². The third kappa shape index (κ3) is 6.09. The van der Waals surface area contributed by atoms with E-state index in [0.29, 0.717) is 29.5 Å². The molecule has 2 N–H and O–H groups in total. The smallest absolute Gasteiger partial charge is 0.335 e. The summed E-state index contributed by atoms with van der Waals surface area (Å²) < 4.78 is 8.60. The van der Waals surface area contributed by atoms with Crippen LogP contribution in [0.5, 0.6) is 5.75 Å². The standard InChI is InChI=1S/C37H37N3O4/c1-24-9-11-25(12-10-24)32-19-15-27(36(41)38-2)21-29(32)23-44-31-17-13-26(14-18-31)35-39-33-22-28(37(42)43)16-20-34(33)40(35)30-7-5-3-4-6-8-30/h9-22,30H,3-8,23H2,1-2H3,(H,38,41)(H,42,43). The molecule has 0 saturated heterocycles. The second-order valence-corrected chi connectivity index (χ2v) is 11.6. The molecule has 1 heterocycles. The van der Waals surface area contributed by atoms with Crippen molar-refractivity contribution in [2.75, 3.05) is 7.05 Å². The molecular formula is C37H37N3O4. The van der Waals surface area contributed by atoms with Gasteiger partial charge >= 0.3 is 5.97 Å². The minimum absolute atomic E-state index is 0.141. The quantitative estimate of drug-likeness (QED) is 0.179. The van der Waals surface area contributed by atoms with E-state index in [1.54, 1.807) is 19.2 Å². The Morgan fingerprint density at radius 3 is 2.23 bits per heavy atom. The van der Waals surface area contributed by atoms with Gasteiger partial charge in [0.15, 0.2) is 0 Å². The topological polar surface area (TPSA) is 93.4 Å². The summed E-state index contributed by atoms with van der Waals surface area (Å²) in [7, 11) is 1.63. The van der Waals surface area contributed by atoms with Gasteiger partial charge in [0.25, 0.3) is 5.91 Å². The molecule has 7 nitrogen and oxygen atoms in total. The predicted molar refractivity (Wildman–Crippen MR) is 173 cm³/mol. The number of ether oxygens (including phenoxy) is 1. The van der Waals surface area contributed by atoms with Gasteiger partial charge in [-0.2, -0.15) is 0 Å². The van der Waals surface area contributed by atoms with Crippen LogP contribution in [0.3, 0.4) is 0 Å². The fraction of sp³-hybridized carbons (Fsp3) is 0.270. The van der Waals surface area contributed by atoms with Crippen molar-refractivity contribution in [2.24, 2.45) is 0 Å². The Morgan fingerprint density at radius 2 is 1.55 bits per heavy atom. The number of hydrogen-bond donors (Lipinski definition) is 2. The van der Waals surface area contributed by atoms with Crippen LogP contribution in [0.25, 0.3) is 33.5 Å². The van der Waals surface area contributed by atoms with E-state index < -0.39 is 5.97 Å². The maximum atomic E-state index is 12.4. The fourth-order valence-electron chi connectivity index (χ4n) is 6.20. The maximum absolute atomic E-state index is 12.4. The zero-order valence-corrected chi connectivity index (χ0v) is 25.2. The Balaban J connectivity index is 1.30. The second kappa shape index (κ2) is 12.8. The van der Waals surface area contributed by atoms with Crippen LogP contribution in [-0.2, 0) is 6.61 Å². The number of carbonyl (C=O) groups excluding carboxylic acids is 1. The Kier molecular flexibility index (Phi) is 8.46. The molecule has 44 heavy (non-hydrogen) atoms. The Labute approximate surface area is 257 Å². The molecule has 4 aromatic carbocycles. The summed E-state index contributed by atoms with van der Waals surface area (Å²) in [6.07, 6.45) is 7.00. The van der Waals surface area contributed by atoms with Crippen molar-refractivity contribution in [1.82, 2.24) is 14.9 Å². The number of nitrogens with one attached hydrogen (secondary N) is 1. The average Bonchev–Trinajstić information content (AvgIpc) is 3.21. The lowest BCUT2D eigenvalue weighted by atomic mass is 9.97. The van der Waals surface area contributed by atoms with Gasteiger partial charge in [-0.15, -0.1) is 0 Å². The number of aromatic nitrogens is 2. The van der Waals surface area contributed by atoms with Crippen molar-refractivity contribution >= 4 is 22.9 Å². The molecule has 1 amide bonds. The van der Waals surface area contributed by atoms with E-state index in [2.05, 4.69) is 41.1 Å². The highest BCUT2D eigenvalue weighted by Gasteiger charge is 2.22. The zero-order valence-electron chi connectivity index (χ0n) is 25.2. The van der Waals surface area contributed by atoms with Gasteiger partial charge in [0.05, 0.1) is 16.6 Å². The summed E-state index contributed by atoms with van der Waals surface area (Å²) in [4.78, 5) is 29.0. The van der Waals surface area contributed by atoms with Crippen LogP contribution in [0.4, 0.5) is 0 Å². The number of benzene rings is 4. The molecule has 224 valence electrons. The summed E-state index contributed by atoms with van der Waals surface area (Å²) in [6, 6.07) is 27.5. The third-order valence-corrected chi connectivity index (χ3v) is 8.59. The van der Waals surface area contributed by atoms with Gasteiger partial charge in [-0.25, -0.2) is 9.78 Å². The Morgan fingerprint density at radius 1 is 0.864 bits per heavy atom. The van der Waals surface area contributed by atoms with E-state index in [0.717, 1.165) is 46.4 Å². The molecule has 1 aromatic heterocycles. The Bertz CT molecular complexity index is 1800.